The number of rotatable bonds is 2. The first-order chi connectivity index (χ1) is 9.79. The molecule has 1 aromatic heterocycles. The molecule has 4 heteroatoms. The van der Waals surface area contributed by atoms with Gasteiger partial charge in [-0.05, 0) is 12.1 Å². The SMILES string of the molecule is N#C/C(=C(\O)c1ccccc1)c1nc2ccccc2[nH]1. The Balaban J connectivity index is 2.17. The van der Waals surface area contributed by atoms with Crippen molar-refractivity contribution in [2.75, 3.05) is 0 Å². The zero-order valence-electron chi connectivity index (χ0n) is 10.5. The van der Waals surface area contributed by atoms with Crippen LogP contribution in [0.25, 0.3) is 22.4 Å². The van der Waals surface area contributed by atoms with E-state index < -0.39 is 0 Å². The number of aliphatic hydroxyl groups excluding tert-OH is 1. The van der Waals surface area contributed by atoms with Crippen LogP contribution >= 0.6 is 0 Å². The van der Waals surface area contributed by atoms with Crippen molar-refractivity contribution in [2.45, 2.75) is 0 Å². The van der Waals surface area contributed by atoms with E-state index in [1.54, 1.807) is 24.3 Å². The summed E-state index contributed by atoms with van der Waals surface area (Å²) in [5.74, 6) is 0.294. The van der Waals surface area contributed by atoms with E-state index in [1.165, 1.54) is 0 Å². The largest absolute Gasteiger partial charge is 0.506 e. The third kappa shape index (κ3) is 2.02. The van der Waals surface area contributed by atoms with Gasteiger partial charge in [-0.2, -0.15) is 5.26 Å². The van der Waals surface area contributed by atoms with Crippen LogP contribution in [0.5, 0.6) is 0 Å². The number of aliphatic hydroxyl groups is 1. The van der Waals surface area contributed by atoms with Gasteiger partial charge in [-0.15, -0.1) is 0 Å². The Hall–Kier alpha value is -3.06. The van der Waals surface area contributed by atoms with E-state index in [2.05, 4.69) is 9.97 Å². The number of hydrogen-bond donors (Lipinski definition) is 2. The molecule has 0 spiro atoms. The van der Waals surface area contributed by atoms with E-state index in [1.807, 2.05) is 36.4 Å². The third-order valence-electron chi connectivity index (χ3n) is 3.02. The quantitative estimate of drug-likeness (QED) is 0.547. The van der Waals surface area contributed by atoms with Crippen LogP contribution < -0.4 is 0 Å². The van der Waals surface area contributed by atoms with Crippen molar-refractivity contribution >= 4 is 22.4 Å². The monoisotopic (exact) mass is 261 g/mol. The van der Waals surface area contributed by atoms with Crippen LogP contribution in [0.3, 0.4) is 0 Å². The van der Waals surface area contributed by atoms with Crippen LogP contribution in [0, 0.1) is 11.3 Å². The van der Waals surface area contributed by atoms with Crippen molar-refractivity contribution in [2.24, 2.45) is 0 Å². The highest BCUT2D eigenvalue weighted by molar-refractivity contribution is 5.94. The van der Waals surface area contributed by atoms with Crippen LogP contribution in [0.1, 0.15) is 11.4 Å². The molecule has 0 amide bonds. The molecule has 0 aliphatic rings. The predicted molar refractivity (Wildman–Crippen MR) is 77.6 cm³/mol. The van der Waals surface area contributed by atoms with Crippen molar-refractivity contribution < 1.29 is 5.11 Å². The van der Waals surface area contributed by atoms with E-state index >= 15 is 0 Å². The molecule has 2 aromatic carbocycles. The van der Waals surface area contributed by atoms with Gasteiger partial charge in [-0.1, -0.05) is 42.5 Å². The lowest BCUT2D eigenvalue weighted by atomic mass is 10.1. The van der Waals surface area contributed by atoms with Crippen molar-refractivity contribution in [1.29, 1.82) is 5.26 Å². The van der Waals surface area contributed by atoms with Gasteiger partial charge < -0.3 is 10.1 Å². The highest BCUT2D eigenvalue weighted by Gasteiger charge is 2.14. The van der Waals surface area contributed by atoms with Gasteiger partial charge in [0.15, 0.2) is 5.82 Å². The number of hydrogen-bond acceptors (Lipinski definition) is 3. The van der Waals surface area contributed by atoms with Crippen molar-refractivity contribution in [3.63, 3.8) is 0 Å². The predicted octanol–water partition coefficient (Wildman–Crippen LogP) is 3.51. The smallest absolute Gasteiger partial charge is 0.153 e. The van der Waals surface area contributed by atoms with Gasteiger partial charge in [-0.25, -0.2) is 4.98 Å². The summed E-state index contributed by atoms with van der Waals surface area (Å²) in [5, 5.41) is 19.6. The second-order valence-electron chi connectivity index (χ2n) is 4.30. The number of nitrogens with zero attached hydrogens (tertiary/aromatic N) is 2. The van der Waals surface area contributed by atoms with Gasteiger partial charge in [0.2, 0.25) is 0 Å². The number of nitrogens with one attached hydrogen (secondary N) is 1. The van der Waals surface area contributed by atoms with E-state index in [9.17, 15) is 10.4 Å². The lowest BCUT2D eigenvalue weighted by molar-refractivity contribution is 0.514. The van der Waals surface area contributed by atoms with E-state index in [0.29, 0.717) is 11.4 Å². The van der Waals surface area contributed by atoms with Crippen LogP contribution in [0.15, 0.2) is 54.6 Å². The zero-order chi connectivity index (χ0) is 13.9. The summed E-state index contributed by atoms with van der Waals surface area (Å²) in [5.41, 5.74) is 2.31. The molecule has 0 aliphatic heterocycles. The molecule has 0 fully saturated rings. The highest BCUT2D eigenvalue weighted by Crippen LogP contribution is 2.23. The summed E-state index contributed by atoms with van der Waals surface area (Å²) in [6.45, 7) is 0. The Kier molecular flexibility index (Phi) is 2.94. The van der Waals surface area contributed by atoms with Gasteiger partial charge in [0.25, 0.3) is 0 Å². The molecule has 0 aliphatic carbocycles. The molecule has 2 N–H and O–H groups in total. The fourth-order valence-corrected chi connectivity index (χ4v) is 2.03. The lowest BCUT2D eigenvalue weighted by Crippen LogP contribution is -1.92. The molecule has 0 saturated carbocycles. The van der Waals surface area contributed by atoms with Crippen molar-refractivity contribution in [3.8, 4) is 6.07 Å². The van der Waals surface area contributed by atoms with E-state index in [-0.39, 0.29) is 11.3 Å². The third-order valence-corrected chi connectivity index (χ3v) is 3.02. The normalized spacial score (nSPS) is 11.9. The van der Waals surface area contributed by atoms with E-state index in [0.717, 1.165) is 11.0 Å². The Bertz CT molecular complexity index is 793. The minimum atomic E-state index is -0.0767. The number of fused-ring (bicyclic) bond motifs is 1. The Morgan fingerprint density at radius 2 is 1.75 bits per heavy atom. The molecule has 1 heterocycles. The Labute approximate surface area is 115 Å². The molecule has 4 nitrogen and oxygen atoms in total. The summed E-state index contributed by atoms with van der Waals surface area (Å²) in [4.78, 5) is 7.38. The number of benzene rings is 2. The maximum Gasteiger partial charge on any atom is 0.153 e. The number of allylic oxidation sites excluding steroid dienone is 1. The molecule has 0 bridgehead atoms. The number of imidazole rings is 1. The van der Waals surface area contributed by atoms with E-state index in [4.69, 9.17) is 0 Å². The Morgan fingerprint density at radius 3 is 2.45 bits per heavy atom. The number of aromatic amines is 1. The average Bonchev–Trinajstić information content (AvgIpc) is 2.92. The van der Waals surface area contributed by atoms with Gasteiger partial charge in [0.05, 0.1) is 11.0 Å². The molecule has 0 saturated heterocycles. The van der Waals surface area contributed by atoms with Crippen LogP contribution in [0.2, 0.25) is 0 Å². The molecule has 96 valence electrons. The highest BCUT2D eigenvalue weighted by atomic mass is 16.3. The summed E-state index contributed by atoms with van der Waals surface area (Å²) in [7, 11) is 0. The fourth-order valence-electron chi connectivity index (χ4n) is 2.03. The van der Waals surface area contributed by atoms with Crippen molar-refractivity contribution in [3.05, 3.63) is 66.0 Å². The molecule has 0 unspecified atom stereocenters. The maximum absolute atomic E-state index is 10.3. The second kappa shape index (κ2) is 4.90. The standard InChI is InChI=1S/C16H11N3O/c17-10-12(15(20)11-6-2-1-3-7-11)16-18-13-8-4-5-9-14(13)19-16/h1-9,20H,(H,18,19)/b15-12+. The first-order valence-corrected chi connectivity index (χ1v) is 6.13. The summed E-state index contributed by atoms with van der Waals surface area (Å²) >= 11 is 0. The van der Waals surface area contributed by atoms with Crippen molar-refractivity contribution in [1.82, 2.24) is 9.97 Å². The number of H-pyrrole nitrogens is 1. The molecule has 0 atom stereocenters. The van der Waals surface area contributed by atoms with Crippen LogP contribution in [0.4, 0.5) is 0 Å². The van der Waals surface area contributed by atoms with Gasteiger partial charge in [0, 0.05) is 5.56 Å². The number of aromatic nitrogens is 2. The summed E-state index contributed by atoms with van der Waals surface area (Å²) in [6, 6.07) is 18.5. The summed E-state index contributed by atoms with van der Waals surface area (Å²) < 4.78 is 0. The molecular formula is C16H11N3O. The summed E-state index contributed by atoms with van der Waals surface area (Å²) in [6.07, 6.45) is 0. The second-order valence-corrected chi connectivity index (χ2v) is 4.30. The number of nitriles is 1. The first kappa shape index (κ1) is 12.0. The molecule has 3 rings (SSSR count). The van der Waals surface area contributed by atoms with Gasteiger partial charge in [-0.3, -0.25) is 0 Å². The van der Waals surface area contributed by atoms with Crippen LogP contribution in [-0.2, 0) is 0 Å². The maximum atomic E-state index is 10.3. The lowest BCUT2D eigenvalue weighted by Gasteiger charge is -2.01. The van der Waals surface area contributed by atoms with Gasteiger partial charge >= 0.3 is 0 Å². The average molecular weight is 261 g/mol. The molecule has 3 aromatic rings. The minimum Gasteiger partial charge on any atom is -0.506 e. The Morgan fingerprint density at radius 1 is 1.05 bits per heavy atom. The topological polar surface area (TPSA) is 72.7 Å². The van der Waals surface area contributed by atoms with Crippen LogP contribution in [-0.4, -0.2) is 15.1 Å². The molecule has 20 heavy (non-hydrogen) atoms. The number of para-hydroxylation sites is 2. The molecule has 0 radical (unpaired) electrons. The minimum absolute atomic E-state index is 0.0767. The molecular weight excluding hydrogens is 250 g/mol. The first-order valence-electron chi connectivity index (χ1n) is 6.13. The van der Waals surface area contributed by atoms with Gasteiger partial charge in [0.1, 0.15) is 17.4 Å². The zero-order valence-corrected chi connectivity index (χ0v) is 10.5. The fraction of sp³-hybridized carbons (Fsp3) is 0.